The number of hydrogen-bond donors (Lipinski definition) is 0. The largest absolute Gasteiger partial charge is 0.255 e. The van der Waals surface area contributed by atoms with E-state index in [0.717, 1.165) is 12.1 Å². The topological polar surface area (TPSA) is 12.9 Å². The van der Waals surface area contributed by atoms with Gasteiger partial charge in [-0.3, -0.25) is 4.98 Å². The minimum absolute atomic E-state index is 0.108. The number of rotatable bonds is 1. The van der Waals surface area contributed by atoms with E-state index in [1.54, 1.807) is 13.0 Å². The highest BCUT2D eigenvalue weighted by molar-refractivity contribution is 9.10. The van der Waals surface area contributed by atoms with Crippen LogP contribution in [0.15, 0.2) is 34.9 Å². The van der Waals surface area contributed by atoms with Gasteiger partial charge in [0.05, 0.1) is 5.69 Å². The molecule has 0 amide bonds. The first-order valence-electron chi connectivity index (χ1n) is 14.5. The Bertz CT molecular complexity index is 1220. The fraction of sp³-hybridized carbons (Fsp3) is 0.450. The van der Waals surface area contributed by atoms with Crippen LogP contribution in [0.2, 0.25) is 0 Å². The number of aromatic nitrogens is 1. The van der Waals surface area contributed by atoms with Gasteiger partial charge in [-0.15, -0.1) is 0 Å². The van der Waals surface area contributed by atoms with Crippen molar-refractivity contribution in [3.63, 3.8) is 0 Å². The summed E-state index contributed by atoms with van der Waals surface area (Å²) in [6.07, 6.45) is 1.43. The van der Waals surface area contributed by atoms with Gasteiger partial charge in [0.2, 0.25) is 0 Å². The molecule has 2 aromatic rings. The zero-order valence-corrected chi connectivity index (χ0v) is 13.3. The number of hydrogen-bond acceptors (Lipinski definition) is 1. The summed E-state index contributed by atoms with van der Waals surface area (Å²) in [5.74, 6) is -3.73. The molecule has 0 spiro atoms. The zero-order valence-electron chi connectivity index (χ0n) is 27.7. The molecule has 1 atom stereocenters. The maximum absolute atomic E-state index is 9.27. The first-order chi connectivity index (χ1) is 16.7. The lowest BCUT2D eigenvalue weighted by Gasteiger charge is -2.38. The molecule has 0 fully saturated rings. The highest BCUT2D eigenvalue weighted by atomic mass is 79.9. The molecule has 1 heterocycles. The summed E-state index contributed by atoms with van der Waals surface area (Å²) in [6, 6.07) is 4.69. The van der Waals surface area contributed by atoms with E-state index in [2.05, 4.69) is 20.9 Å². The number of pyridine rings is 1. The van der Waals surface area contributed by atoms with Crippen LogP contribution in [0.3, 0.4) is 0 Å². The van der Waals surface area contributed by atoms with E-state index in [9.17, 15) is 1.37 Å². The fourth-order valence-electron chi connectivity index (χ4n) is 2.53. The lowest BCUT2D eigenvalue weighted by atomic mass is 9.65. The second kappa shape index (κ2) is 4.92. The van der Waals surface area contributed by atoms with Gasteiger partial charge >= 0.3 is 0 Å². The predicted octanol–water partition coefficient (Wildman–Crippen LogP) is 6.24. The third-order valence-corrected chi connectivity index (χ3v) is 4.80. The number of halogens is 1. The number of nitrogens with zero attached hydrogens (tertiary/aromatic N) is 1. The number of fused-ring (bicyclic) bond motifs is 1. The van der Waals surface area contributed by atoms with Crippen molar-refractivity contribution in [3.05, 3.63) is 51.6 Å². The van der Waals surface area contributed by atoms with Crippen molar-refractivity contribution in [2.24, 2.45) is 5.41 Å². The lowest BCUT2D eigenvalue weighted by Crippen LogP contribution is -2.33. The van der Waals surface area contributed by atoms with Gasteiger partial charge in [0.25, 0.3) is 0 Å². The molecule has 1 nitrogen and oxygen atoms in total. The maximum Gasteiger partial charge on any atom is 0.0705 e. The van der Waals surface area contributed by atoms with E-state index >= 15 is 0 Å². The van der Waals surface area contributed by atoms with E-state index in [-0.39, 0.29) is 11.3 Å². The molecule has 0 N–H and O–H groups in total. The summed E-state index contributed by atoms with van der Waals surface area (Å²) in [7, 11) is 0. The van der Waals surface area contributed by atoms with Crippen LogP contribution in [-0.4, -0.2) is 4.98 Å². The Morgan fingerprint density at radius 2 is 2.05 bits per heavy atom. The molecule has 1 unspecified atom stereocenters. The Hall–Kier alpha value is -1.15. The molecule has 3 rings (SSSR count). The van der Waals surface area contributed by atoms with Crippen molar-refractivity contribution in [1.29, 1.82) is 0 Å². The first kappa shape index (κ1) is 5.44. The van der Waals surface area contributed by atoms with Crippen LogP contribution in [-0.2, 0) is 5.41 Å². The quantitative estimate of drug-likeness (QED) is 0.576. The third kappa shape index (κ3) is 2.07. The van der Waals surface area contributed by atoms with Crippen LogP contribution in [0.25, 0.3) is 11.3 Å². The average Bonchev–Trinajstić information content (AvgIpc) is 2.94. The molecule has 1 aliphatic rings. The molecule has 2 heteroatoms. The molecule has 116 valence electrons. The Morgan fingerprint density at radius 1 is 1.23 bits per heavy atom. The highest BCUT2D eigenvalue weighted by Gasteiger charge is 2.50. The van der Waals surface area contributed by atoms with Gasteiger partial charge < -0.3 is 0 Å². The van der Waals surface area contributed by atoms with Crippen LogP contribution in [0.5, 0.6) is 0 Å². The van der Waals surface area contributed by atoms with Crippen molar-refractivity contribution < 1.29 is 21.9 Å². The third-order valence-electron chi connectivity index (χ3n) is 3.97. The summed E-state index contributed by atoms with van der Waals surface area (Å²) >= 11 is 3.30. The van der Waals surface area contributed by atoms with Crippen molar-refractivity contribution in [3.8, 4) is 11.3 Å². The Labute approximate surface area is 164 Å². The molecule has 1 aromatic carbocycles. The maximum atomic E-state index is 9.27. The Morgan fingerprint density at radius 3 is 2.68 bits per heavy atom. The van der Waals surface area contributed by atoms with Gasteiger partial charge in [-0.05, 0) is 68.4 Å². The molecule has 22 heavy (non-hydrogen) atoms. The molecule has 1 aromatic heterocycles. The van der Waals surface area contributed by atoms with Gasteiger partial charge in [0.1, 0.15) is 0 Å². The molecular formula is C20H24BrN. The van der Waals surface area contributed by atoms with E-state index in [1.807, 2.05) is 0 Å². The van der Waals surface area contributed by atoms with Gasteiger partial charge in [0.15, 0.2) is 0 Å². The summed E-state index contributed by atoms with van der Waals surface area (Å²) in [5, 5.41) is 0. The number of benzene rings is 1. The highest BCUT2D eigenvalue weighted by Crippen LogP contribution is 2.58. The van der Waals surface area contributed by atoms with E-state index in [1.165, 1.54) is 12.3 Å². The lowest BCUT2D eigenvalue weighted by molar-refractivity contribution is 0.190. The predicted molar refractivity (Wildman–Crippen MR) is 97.3 cm³/mol. The summed E-state index contributed by atoms with van der Waals surface area (Å²) in [6.45, 7) is -18.0. The van der Waals surface area contributed by atoms with Crippen LogP contribution in [0.1, 0.15) is 78.8 Å². The minimum atomic E-state index is -4.12. The average molecular weight is 374 g/mol. The molecule has 0 saturated carbocycles. The SMILES string of the molecule is [2H]C([2H])([2H])C1([2H])c2cc(-c3cc(C)c(Br)cn3)ccc2C(C([2H])([2H])[2H])(C([2H])([2H])[2H])C1(C([2H])([2H])[2H])C([2H])([2H])[2H]. The van der Waals surface area contributed by atoms with Crippen molar-refractivity contribution in [2.45, 2.75) is 52.5 Å². The van der Waals surface area contributed by atoms with E-state index in [0.29, 0.717) is 10.0 Å². The number of aryl methyl sites for hydroxylation is 1. The summed E-state index contributed by atoms with van der Waals surface area (Å²) in [4.78, 5) is 4.22. The second-order valence-corrected chi connectivity index (χ2v) is 6.31. The van der Waals surface area contributed by atoms with Crippen LogP contribution < -0.4 is 0 Å². The van der Waals surface area contributed by atoms with Gasteiger partial charge in [-0.2, -0.15) is 0 Å². The molecule has 1 aliphatic carbocycles. The fourth-order valence-corrected chi connectivity index (χ4v) is 2.74. The normalized spacial score (nSPS) is 38.6. The van der Waals surface area contributed by atoms with Crippen molar-refractivity contribution in [2.75, 3.05) is 0 Å². The molecule has 0 bridgehead atoms. The van der Waals surface area contributed by atoms with Gasteiger partial charge in [0, 0.05) is 38.2 Å². The van der Waals surface area contributed by atoms with Gasteiger partial charge in [-0.1, -0.05) is 46.4 Å². The van der Waals surface area contributed by atoms with Crippen LogP contribution in [0, 0.1) is 12.3 Å². The van der Waals surface area contributed by atoms with Crippen molar-refractivity contribution in [1.82, 2.24) is 4.98 Å². The Balaban J connectivity index is 2.75. The monoisotopic (exact) mass is 373 g/mol. The molecule has 0 saturated heterocycles. The van der Waals surface area contributed by atoms with Crippen molar-refractivity contribution >= 4 is 15.9 Å². The summed E-state index contributed by atoms with van der Waals surface area (Å²) in [5.41, 5.74) is -8.57. The molecular weight excluding hydrogens is 334 g/mol. The summed E-state index contributed by atoms with van der Waals surface area (Å²) < 4.78 is 134. The van der Waals surface area contributed by atoms with Gasteiger partial charge in [-0.25, -0.2) is 0 Å². The standard InChI is InChI=1S/C20H24BrN/c1-12-9-18(22-11-17(12)21)14-7-8-16-15(10-14)13(2)19(3,4)20(16,5)6/h7-11,13H,1-6H3/i2D3,3D3,4D3,5D3,6D3,13D. The zero-order chi connectivity index (χ0) is 29.7. The first-order valence-corrected chi connectivity index (χ1v) is 7.32. The van der Waals surface area contributed by atoms with E-state index < -0.39 is 62.1 Å². The smallest absolute Gasteiger partial charge is 0.0705 e. The molecule has 0 radical (unpaired) electrons. The Kier molecular flexibility index (Phi) is 1.22. The second-order valence-electron chi connectivity index (χ2n) is 5.45. The van der Waals surface area contributed by atoms with Crippen LogP contribution >= 0.6 is 15.9 Å². The minimum Gasteiger partial charge on any atom is -0.255 e. The van der Waals surface area contributed by atoms with E-state index in [4.69, 9.17) is 20.6 Å². The van der Waals surface area contributed by atoms with Crippen LogP contribution in [0.4, 0.5) is 0 Å². The molecule has 0 aliphatic heterocycles.